The number of carboxylic acid groups (broad SMARTS) is 1. The van der Waals surface area contributed by atoms with Crippen LogP contribution in [-0.2, 0) is 16.1 Å². The molecule has 6 heteroatoms. The van der Waals surface area contributed by atoms with E-state index in [-0.39, 0.29) is 13.0 Å². The lowest BCUT2D eigenvalue weighted by molar-refractivity contribution is -0.137. The largest absolute Gasteiger partial charge is 0.481 e. The second-order valence-corrected chi connectivity index (χ2v) is 6.69. The summed E-state index contributed by atoms with van der Waals surface area (Å²) >= 11 is 1.58. The van der Waals surface area contributed by atoms with E-state index in [4.69, 9.17) is 9.84 Å². The molecule has 1 atom stereocenters. The lowest BCUT2D eigenvalue weighted by Crippen LogP contribution is -2.30. The Hall–Kier alpha value is -2.34. The van der Waals surface area contributed by atoms with Crippen LogP contribution in [-0.4, -0.2) is 17.2 Å². The molecule has 122 valence electrons. The first-order chi connectivity index (χ1) is 11.0. The van der Waals surface area contributed by atoms with Crippen LogP contribution in [0.2, 0.25) is 0 Å². The molecule has 0 fully saturated rings. The van der Waals surface area contributed by atoms with Crippen LogP contribution in [0.25, 0.3) is 0 Å². The van der Waals surface area contributed by atoms with Crippen molar-refractivity contribution < 1.29 is 19.4 Å². The minimum absolute atomic E-state index is 0.147. The first kappa shape index (κ1) is 17.0. The number of benzene rings is 1. The quantitative estimate of drug-likeness (QED) is 0.843. The molecule has 0 saturated carbocycles. The summed E-state index contributed by atoms with van der Waals surface area (Å²) in [5, 5.41) is 11.7. The fraction of sp³-hybridized carbons (Fsp3) is 0.294. The molecule has 23 heavy (non-hydrogen) atoms. The Labute approximate surface area is 138 Å². The van der Waals surface area contributed by atoms with Gasteiger partial charge in [0.2, 0.25) is 0 Å². The number of carbonyl (C=O) groups is 2. The van der Waals surface area contributed by atoms with Gasteiger partial charge in [-0.2, -0.15) is 0 Å². The zero-order valence-corrected chi connectivity index (χ0v) is 13.9. The van der Waals surface area contributed by atoms with E-state index in [0.29, 0.717) is 0 Å². The maximum absolute atomic E-state index is 12.0. The highest BCUT2D eigenvalue weighted by atomic mass is 32.1. The van der Waals surface area contributed by atoms with Gasteiger partial charge in [-0.1, -0.05) is 30.3 Å². The number of rotatable bonds is 6. The van der Waals surface area contributed by atoms with Crippen molar-refractivity contribution in [1.29, 1.82) is 0 Å². The van der Waals surface area contributed by atoms with E-state index < -0.39 is 18.1 Å². The Morgan fingerprint density at radius 3 is 2.52 bits per heavy atom. The van der Waals surface area contributed by atoms with Crippen molar-refractivity contribution in [3.63, 3.8) is 0 Å². The van der Waals surface area contributed by atoms with Gasteiger partial charge in [-0.15, -0.1) is 11.3 Å². The number of aryl methyl sites for hydroxylation is 2. The molecule has 0 unspecified atom stereocenters. The molecule has 0 bridgehead atoms. The van der Waals surface area contributed by atoms with Crippen LogP contribution < -0.4 is 5.32 Å². The van der Waals surface area contributed by atoms with Crippen molar-refractivity contribution in [2.45, 2.75) is 32.9 Å². The van der Waals surface area contributed by atoms with Gasteiger partial charge in [0, 0.05) is 9.75 Å². The van der Waals surface area contributed by atoms with Gasteiger partial charge in [0.15, 0.2) is 0 Å². The smallest absolute Gasteiger partial charge is 0.407 e. The number of thiophene rings is 1. The van der Waals surface area contributed by atoms with E-state index in [2.05, 4.69) is 5.32 Å². The molecule has 0 aliphatic carbocycles. The molecule has 0 aliphatic heterocycles. The number of nitrogens with one attached hydrogen (secondary N) is 1. The number of amides is 1. The molecule has 0 aliphatic rings. The lowest BCUT2D eigenvalue weighted by Gasteiger charge is -2.17. The minimum Gasteiger partial charge on any atom is -0.481 e. The third kappa shape index (κ3) is 5.10. The topological polar surface area (TPSA) is 75.6 Å². The van der Waals surface area contributed by atoms with E-state index in [1.165, 1.54) is 0 Å². The number of alkyl carbamates (subject to hydrolysis) is 1. The molecular weight excluding hydrogens is 314 g/mol. The standard InChI is InChI=1S/C17H19NO4S/c1-11-8-14(12(2)23-11)15(9-16(19)20)18-17(21)22-10-13-6-4-3-5-7-13/h3-8,15H,9-10H2,1-2H3,(H,18,21)(H,19,20)/t15-/m1/s1. The first-order valence-corrected chi connectivity index (χ1v) is 8.03. The van der Waals surface area contributed by atoms with E-state index in [1.807, 2.05) is 50.2 Å². The van der Waals surface area contributed by atoms with Crippen molar-refractivity contribution in [1.82, 2.24) is 5.32 Å². The normalized spacial score (nSPS) is 11.7. The van der Waals surface area contributed by atoms with Gasteiger partial charge in [-0.25, -0.2) is 4.79 Å². The maximum atomic E-state index is 12.0. The molecule has 0 radical (unpaired) electrons. The van der Waals surface area contributed by atoms with Crippen LogP contribution in [0.5, 0.6) is 0 Å². The summed E-state index contributed by atoms with van der Waals surface area (Å²) in [4.78, 5) is 25.1. The summed E-state index contributed by atoms with van der Waals surface area (Å²) in [6.07, 6.45) is -0.805. The number of hydrogen-bond acceptors (Lipinski definition) is 4. The molecule has 1 heterocycles. The monoisotopic (exact) mass is 333 g/mol. The van der Waals surface area contributed by atoms with Crippen LogP contribution in [0.3, 0.4) is 0 Å². The highest BCUT2D eigenvalue weighted by molar-refractivity contribution is 7.12. The van der Waals surface area contributed by atoms with E-state index in [0.717, 1.165) is 20.9 Å². The summed E-state index contributed by atoms with van der Waals surface area (Å²) in [7, 11) is 0. The van der Waals surface area contributed by atoms with Crippen molar-refractivity contribution >= 4 is 23.4 Å². The summed E-state index contributed by atoms with van der Waals surface area (Å²) < 4.78 is 5.17. The summed E-state index contributed by atoms with van der Waals surface area (Å²) in [5.74, 6) is -0.971. The van der Waals surface area contributed by atoms with Crippen LogP contribution in [0, 0.1) is 13.8 Å². The predicted molar refractivity (Wildman–Crippen MR) is 88.5 cm³/mol. The zero-order chi connectivity index (χ0) is 16.8. The van der Waals surface area contributed by atoms with Crippen molar-refractivity contribution in [3.8, 4) is 0 Å². The second-order valence-electron chi connectivity index (χ2n) is 5.23. The highest BCUT2D eigenvalue weighted by Gasteiger charge is 2.22. The first-order valence-electron chi connectivity index (χ1n) is 7.21. The van der Waals surface area contributed by atoms with Gasteiger partial charge in [0.05, 0.1) is 12.5 Å². The maximum Gasteiger partial charge on any atom is 0.407 e. The molecule has 1 aromatic heterocycles. The molecule has 2 aromatic rings. The summed E-state index contributed by atoms with van der Waals surface area (Å²) in [6, 6.07) is 10.6. The number of hydrogen-bond donors (Lipinski definition) is 2. The van der Waals surface area contributed by atoms with Crippen LogP contribution >= 0.6 is 11.3 Å². The molecular formula is C17H19NO4S. The van der Waals surface area contributed by atoms with E-state index in [1.54, 1.807) is 11.3 Å². The fourth-order valence-corrected chi connectivity index (χ4v) is 3.30. The summed E-state index contributed by atoms with van der Waals surface area (Å²) in [5.41, 5.74) is 1.70. The van der Waals surface area contributed by atoms with Crippen molar-refractivity contribution in [2.75, 3.05) is 0 Å². The fourth-order valence-electron chi connectivity index (χ4n) is 2.32. The third-order valence-electron chi connectivity index (χ3n) is 3.34. The summed E-state index contributed by atoms with van der Waals surface area (Å²) in [6.45, 7) is 4.01. The average Bonchev–Trinajstić information content (AvgIpc) is 2.84. The predicted octanol–water partition coefficient (Wildman–Crippen LogP) is 3.81. The number of ether oxygens (including phenoxy) is 1. The van der Waals surface area contributed by atoms with E-state index >= 15 is 0 Å². The number of carbonyl (C=O) groups excluding carboxylic acids is 1. The average molecular weight is 333 g/mol. The Morgan fingerprint density at radius 2 is 1.96 bits per heavy atom. The number of carboxylic acids is 1. The van der Waals surface area contributed by atoms with Gasteiger partial charge >= 0.3 is 12.1 Å². The van der Waals surface area contributed by atoms with Gasteiger partial charge in [0.25, 0.3) is 0 Å². The van der Waals surface area contributed by atoms with Crippen LogP contribution in [0.1, 0.15) is 33.3 Å². The molecule has 1 amide bonds. The lowest BCUT2D eigenvalue weighted by atomic mass is 10.0. The molecule has 2 rings (SSSR count). The zero-order valence-electron chi connectivity index (χ0n) is 13.0. The van der Waals surface area contributed by atoms with Gasteiger partial charge in [0.1, 0.15) is 6.61 Å². The van der Waals surface area contributed by atoms with Gasteiger partial charge in [-0.05, 0) is 31.0 Å². The molecule has 2 N–H and O–H groups in total. The van der Waals surface area contributed by atoms with Gasteiger partial charge in [-0.3, -0.25) is 4.79 Å². The van der Waals surface area contributed by atoms with Crippen LogP contribution in [0.4, 0.5) is 4.79 Å². The number of aliphatic carboxylic acids is 1. The molecule has 0 saturated heterocycles. The van der Waals surface area contributed by atoms with Gasteiger partial charge < -0.3 is 15.2 Å². The Balaban J connectivity index is 2.01. The Morgan fingerprint density at radius 1 is 1.26 bits per heavy atom. The van der Waals surface area contributed by atoms with Crippen LogP contribution in [0.15, 0.2) is 36.4 Å². The second kappa shape index (κ2) is 7.78. The third-order valence-corrected chi connectivity index (χ3v) is 4.32. The molecule has 0 spiro atoms. The molecule has 1 aromatic carbocycles. The van der Waals surface area contributed by atoms with E-state index in [9.17, 15) is 9.59 Å². The van der Waals surface area contributed by atoms with Crippen molar-refractivity contribution in [3.05, 3.63) is 57.3 Å². The minimum atomic E-state index is -0.971. The molecule has 5 nitrogen and oxygen atoms in total. The van der Waals surface area contributed by atoms with Crippen molar-refractivity contribution in [2.24, 2.45) is 0 Å². The Bertz CT molecular complexity index is 681. The SMILES string of the molecule is Cc1cc([C@@H](CC(=O)O)NC(=O)OCc2ccccc2)c(C)s1. The Kier molecular flexibility index (Phi) is 5.76. The highest BCUT2D eigenvalue weighted by Crippen LogP contribution is 2.28.